The second kappa shape index (κ2) is 7.16. The molecule has 1 aromatic carbocycles. The van der Waals surface area contributed by atoms with E-state index in [1.54, 1.807) is 11.3 Å². The predicted molar refractivity (Wildman–Crippen MR) is 109 cm³/mol. The standard InChI is InChI=1S/C21H25N3OS/c1-15(2)13-23-10-7-16-12-18(5-6-19(16)23)22-21(25)24-9-3-4-20(24)17-8-11-26-14-17/h5-8,10-12,14-15,20H,3-4,9,13H2,1-2H3,(H,22,25). The minimum atomic E-state index is -0.000312. The summed E-state index contributed by atoms with van der Waals surface area (Å²) >= 11 is 1.69. The first kappa shape index (κ1) is 17.2. The molecule has 3 heterocycles. The van der Waals surface area contributed by atoms with Crippen LogP contribution in [0.4, 0.5) is 10.5 Å². The van der Waals surface area contributed by atoms with Gasteiger partial charge < -0.3 is 14.8 Å². The number of hydrogen-bond acceptors (Lipinski definition) is 2. The summed E-state index contributed by atoms with van der Waals surface area (Å²) < 4.78 is 2.28. The van der Waals surface area contributed by atoms with Crippen LogP contribution in [-0.2, 0) is 6.54 Å². The van der Waals surface area contributed by atoms with Crippen LogP contribution in [0.1, 0.15) is 38.3 Å². The maximum atomic E-state index is 12.8. The Hall–Kier alpha value is -2.27. The van der Waals surface area contributed by atoms with E-state index in [0.717, 1.165) is 31.6 Å². The fraction of sp³-hybridized carbons (Fsp3) is 0.381. The van der Waals surface area contributed by atoms with Crippen molar-refractivity contribution in [2.75, 3.05) is 11.9 Å². The molecule has 2 aromatic heterocycles. The highest BCUT2D eigenvalue weighted by Crippen LogP contribution is 2.33. The normalized spacial score (nSPS) is 17.3. The van der Waals surface area contributed by atoms with E-state index in [1.165, 1.54) is 16.5 Å². The van der Waals surface area contributed by atoms with Crippen LogP contribution in [-0.4, -0.2) is 22.0 Å². The molecule has 136 valence electrons. The highest BCUT2D eigenvalue weighted by molar-refractivity contribution is 7.08. The van der Waals surface area contributed by atoms with Gasteiger partial charge in [0, 0.05) is 35.9 Å². The zero-order valence-electron chi connectivity index (χ0n) is 15.3. The highest BCUT2D eigenvalue weighted by atomic mass is 32.1. The number of aromatic nitrogens is 1. The van der Waals surface area contributed by atoms with Crippen molar-refractivity contribution in [2.45, 2.75) is 39.3 Å². The van der Waals surface area contributed by atoms with Gasteiger partial charge in [-0.25, -0.2) is 4.79 Å². The third-order valence-corrected chi connectivity index (χ3v) is 5.73. The van der Waals surface area contributed by atoms with Crippen molar-refractivity contribution < 1.29 is 4.79 Å². The van der Waals surface area contributed by atoms with Gasteiger partial charge in [0.2, 0.25) is 0 Å². The van der Waals surface area contributed by atoms with Crippen LogP contribution in [0.5, 0.6) is 0 Å². The van der Waals surface area contributed by atoms with Gasteiger partial charge in [0.05, 0.1) is 6.04 Å². The number of nitrogens with zero attached hydrogens (tertiary/aromatic N) is 2. The zero-order chi connectivity index (χ0) is 18.1. The van der Waals surface area contributed by atoms with Crippen LogP contribution in [0.3, 0.4) is 0 Å². The summed E-state index contributed by atoms with van der Waals surface area (Å²) in [5.41, 5.74) is 3.33. The third-order valence-electron chi connectivity index (χ3n) is 5.03. The molecule has 1 aliphatic rings. The lowest BCUT2D eigenvalue weighted by Crippen LogP contribution is -2.34. The highest BCUT2D eigenvalue weighted by Gasteiger charge is 2.30. The van der Waals surface area contributed by atoms with Gasteiger partial charge in [0.25, 0.3) is 0 Å². The Balaban J connectivity index is 1.50. The lowest BCUT2D eigenvalue weighted by atomic mass is 10.1. The molecule has 1 aliphatic heterocycles. The molecule has 2 amide bonds. The third kappa shape index (κ3) is 3.36. The van der Waals surface area contributed by atoms with Crippen molar-refractivity contribution in [1.82, 2.24) is 9.47 Å². The molecule has 0 spiro atoms. The summed E-state index contributed by atoms with van der Waals surface area (Å²) in [5, 5.41) is 8.50. The zero-order valence-corrected chi connectivity index (χ0v) is 16.1. The van der Waals surface area contributed by atoms with Gasteiger partial charge in [-0.15, -0.1) is 0 Å². The molecule has 0 radical (unpaired) electrons. The van der Waals surface area contributed by atoms with Crippen LogP contribution in [0, 0.1) is 5.92 Å². The summed E-state index contributed by atoms with van der Waals surface area (Å²) in [6.07, 6.45) is 4.23. The number of carbonyl (C=O) groups excluding carboxylic acids is 1. The quantitative estimate of drug-likeness (QED) is 0.628. The van der Waals surface area contributed by atoms with Crippen molar-refractivity contribution in [2.24, 2.45) is 5.92 Å². The number of anilines is 1. The molecule has 4 rings (SSSR count). The Labute approximate surface area is 158 Å². The maximum absolute atomic E-state index is 12.8. The van der Waals surface area contributed by atoms with E-state index in [2.05, 4.69) is 65.0 Å². The fourth-order valence-electron chi connectivity index (χ4n) is 3.85. The number of fused-ring (bicyclic) bond motifs is 1. The predicted octanol–water partition coefficient (Wildman–Crippen LogP) is 5.73. The first-order valence-corrected chi connectivity index (χ1v) is 10.2. The molecule has 1 N–H and O–H groups in total. The van der Waals surface area contributed by atoms with E-state index >= 15 is 0 Å². The number of hydrogen-bond donors (Lipinski definition) is 1. The van der Waals surface area contributed by atoms with E-state index in [1.807, 2.05) is 11.0 Å². The summed E-state index contributed by atoms with van der Waals surface area (Å²) in [5.74, 6) is 0.606. The average Bonchev–Trinajstić information content (AvgIpc) is 3.34. The molecule has 0 aliphatic carbocycles. The SMILES string of the molecule is CC(C)Cn1ccc2cc(NC(=O)N3CCCC3c3ccsc3)ccc21. The number of amides is 2. The summed E-state index contributed by atoms with van der Waals surface area (Å²) in [7, 11) is 0. The molecule has 26 heavy (non-hydrogen) atoms. The van der Waals surface area contributed by atoms with Crippen LogP contribution >= 0.6 is 11.3 Å². The van der Waals surface area contributed by atoms with Crippen LogP contribution < -0.4 is 5.32 Å². The first-order valence-electron chi connectivity index (χ1n) is 9.30. The van der Waals surface area contributed by atoms with Crippen molar-refractivity contribution in [3.05, 3.63) is 52.9 Å². The molecule has 4 nitrogen and oxygen atoms in total. The topological polar surface area (TPSA) is 37.3 Å². The molecule has 1 saturated heterocycles. The molecule has 5 heteroatoms. The van der Waals surface area contributed by atoms with E-state index in [9.17, 15) is 4.79 Å². The van der Waals surface area contributed by atoms with E-state index in [0.29, 0.717) is 5.92 Å². The fourth-order valence-corrected chi connectivity index (χ4v) is 4.55. The molecular formula is C21H25N3OS. The van der Waals surface area contributed by atoms with Crippen LogP contribution in [0.25, 0.3) is 10.9 Å². The smallest absolute Gasteiger partial charge is 0.322 e. The van der Waals surface area contributed by atoms with E-state index in [4.69, 9.17) is 0 Å². The lowest BCUT2D eigenvalue weighted by Gasteiger charge is -2.24. The number of rotatable bonds is 4. The van der Waals surface area contributed by atoms with Crippen molar-refractivity contribution in [3.63, 3.8) is 0 Å². The van der Waals surface area contributed by atoms with Crippen LogP contribution in [0.2, 0.25) is 0 Å². The maximum Gasteiger partial charge on any atom is 0.322 e. The van der Waals surface area contributed by atoms with Gasteiger partial charge in [0.1, 0.15) is 0 Å². The van der Waals surface area contributed by atoms with Gasteiger partial charge in [0.15, 0.2) is 0 Å². The van der Waals surface area contributed by atoms with Gasteiger partial charge in [-0.3, -0.25) is 0 Å². The van der Waals surface area contributed by atoms with Gasteiger partial charge in [-0.2, -0.15) is 11.3 Å². The minimum absolute atomic E-state index is 0.000312. The largest absolute Gasteiger partial charge is 0.347 e. The second-order valence-electron chi connectivity index (χ2n) is 7.47. The molecule has 1 unspecified atom stereocenters. The molecular weight excluding hydrogens is 342 g/mol. The number of urea groups is 1. The number of carbonyl (C=O) groups is 1. The Morgan fingerprint density at radius 2 is 2.19 bits per heavy atom. The Bertz CT molecular complexity index is 897. The number of benzene rings is 1. The monoisotopic (exact) mass is 367 g/mol. The van der Waals surface area contributed by atoms with Crippen molar-refractivity contribution in [1.29, 1.82) is 0 Å². The lowest BCUT2D eigenvalue weighted by molar-refractivity contribution is 0.207. The summed E-state index contributed by atoms with van der Waals surface area (Å²) in [4.78, 5) is 14.8. The Morgan fingerprint density at radius 1 is 1.31 bits per heavy atom. The van der Waals surface area contributed by atoms with Crippen LogP contribution in [0.15, 0.2) is 47.3 Å². The second-order valence-corrected chi connectivity index (χ2v) is 8.25. The van der Waals surface area contributed by atoms with E-state index in [-0.39, 0.29) is 12.1 Å². The minimum Gasteiger partial charge on any atom is -0.347 e. The van der Waals surface area contributed by atoms with Crippen molar-refractivity contribution in [3.8, 4) is 0 Å². The molecule has 0 saturated carbocycles. The van der Waals surface area contributed by atoms with Gasteiger partial charge in [-0.1, -0.05) is 13.8 Å². The summed E-state index contributed by atoms with van der Waals surface area (Å²) in [6, 6.07) is 10.6. The molecule has 1 atom stereocenters. The number of likely N-dealkylation sites (tertiary alicyclic amines) is 1. The van der Waals surface area contributed by atoms with Crippen molar-refractivity contribution >= 4 is 34.0 Å². The number of thiophene rings is 1. The summed E-state index contributed by atoms with van der Waals surface area (Å²) in [6.45, 7) is 6.27. The number of nitrogens with one attached hydrogen (secondary N) is 1. The van der Waals surface area contributed by atoms with Gasteiger partial charge in [-0.05, 0) is 65.4 Å². The Kier molecular flexibility index (Phi) is 4.72. The van der Waals surface area contributed by atoms with Gasteiger partial charge >= 0.3 is 6.03 Å². The molecule has 0 bridgehead atoms. The molecule has 3 aromatic rings. The first-order chi connectivity index (χ1) is 12.6. The van der Waals surface area contributed by atoms with E-state index < -0.39 is 0 Å². The Morgan fingerprint density at radius 3 is 2.96 bits per heavy atom. The average molecular weight is 368 g/mol. The molecule has 1 fully saturated rings.